The normalized spacial score (nSPS) is 15.4. The number of esters is 1. The molecule has 3 heterocycles. The van der Waals surface area contributed by atoms with Crippen LogP contribution in [-0.2, 0) is 9.53 Å². The lowest BCUT2D eigenvalue weighted by Gasteiger charge is -2.24. The standard InChI is InChI=1S/C26H19N3O6S/c1-15-22(25(31)34-2)23(17-6-4-3-5-7-17)28-24(30)21(36-26(28)27-15)14-19-12-13-20(35-19)16-8-10-18(11-9-16)29(32)33/h3-14,23H,1-2H3/b21-14-/t23-/m0/s1. The van der Waals surface area contributed by atoms with Crippen LogP contribution in [0.3, 0.4) is 0 Å². The number of hydrogen-bond acceptors (Lipinski definition) is 8. The van der Waals surface area contributed by atoms with Gasteiger partial charge in [-0.1, -0.05) is 41.7 Å². The molecule has 2 aromatic carbocycles. The molecule has 0 unspecified atom stereocenters. The van der Waals surface area contributed by atoms with E-state index in [1.54, 1.807) is 37.3 Å². The topological polar surface area (TPSA) is 117 Å². The number of nitrogens with zero attached hydrogens (tertiary/aromatic N) is 3. The first-order chi connectivity index (χ1) is 17.4. The van der Waals surface area contributed by atoms with Gasteiger partial charge in [-0.25, -0.2) is 9.79 Å². The first-order valence-electron chi connectivity index (χ1n) is 10.9. The molecule has 0 aliphatic carbocycles. The van der Waals surface area contributed by atoms with Crippen molar-refractivity contribution in [3.8, 4) is 11.3 Å². The molecule has 1 atom stereocenters. The second-order valence-corrected chi connectivity index (χ2v) is 9.00. The Balaban J connectivity index is 1.59. The molecular weight excluding hydrogens is 482 g/mol. The van der Waals surface area contributed by atoms with Gasteiger partial charge >= 0.3 is 5.97 Å². The molecule has 5 rings (SSSR count). The van der Waals surface area contributed by atoms with Gasteiger partial charge in [0.1, 0.15) is 11.5 Å². The first kappa shape index (κ1) is 23.2. The van der Waals surface area contributed by atoms with Crippen molar-refractivity contribution in [2.75, 3.05) is 7.11 Å². The SMILES string of the molecule is COC(=O)C1=C(C)N=c2s/c(=C\c3ccc(-c4ccc([N+](=O)[O-])cc4)o3)c(=O)n2[C@H]1c1ccccc1. The van der Waals surface area contributed by atoms with E-state index in [4.69, 9.17) is 9.15 Å². The highest BCUT2D eigenvalue weighted by Gasteiger charge is 2.32. The lowest BCUT2D eigenvalue weighted by atomic mass is 9.96. The van der Waals surface area contributed by atoms with E-state index in [0.29, 0.717) is 37.7 Å². The molecule has 0 radical (unpaired) electrons. The maximum atomic E-state index is 13.5. The lowest BCUT2D eigenvalue weighted by molar-refractivity contribution is -0.384. The molecule has 0 spiro atoms. The van der Waals surface area contributed by atoms with Crippen LogP contribution in [0.2, 0.25) is 0 Å². The number of hydrogen-bond donors (Lipinski definition) is 0. The molecule has 0 saturated heterocycles. The number of thiazole rings is 1. The zero-order chi connectivity index (χ0) is 25.4. The van der Waals surface area contributed by atoms with Gasteiger partial charge < -0.3 is 9.15 Å². The summed E-state index contributed by atoms with van der Waals surface area (Å²) in [6, 6.07) is 18.0. The van der Waals surface area contributed by atoms with Gasteiger partial charge in [-0.3, -0.25) is 19.5 Å². The molecule has 0 amide bonds. The smallest absolute Gasteiger partial charge is 0.338 e. The summed E-state index contributed by atoms with van der Waals surface area (Å²) in [6.45, 7) is 1.72. The minimum Gasteiger partial charge on any atom is -0.466 e. The van der Waals surface area contributed by atoms with Gasteiger partial charge in [-0.2, -0.15) is 0 Å². The van der Waals surface area contributed by atoms with Crippen LogP contribution in [0.1, 0.15) is 24.3 Å². The maximum absolute atomic E-state index is 13.5. The highest BCUT2D eigenvalue weighted by Crippen LogP contribution is 2.30. The van der Waals surface area contributed by atoms with E-state index in [1.165, 1.54) is 35.1 Å². The number of carbonyl (C=O) groups excluding carboxylic acids is 1. The number of aromatic nitrogens is 1. The number of ether oxygens (including phenoxy) is 1. The van der Waals surface area contributed by atoms with Gasteiger partial charge in [0.15, 0.2) is 4.80 Å². The summed E-state index contributed by atoms with van der Waals surface area (Å²) in [7, 11) is 1.30. The fourth-order valence-corrected chi connectivity index (χ4v) is 5.13. The Morgan fingerprint density at radius 2 is 1.86 bits per heavy atom. The van der Waals surface area contributed by atoms with Gasteiger partial charge in [0.2, 0.25) is 0 Å². The van der Waals surface area contributed by atoms with E-state index < -0.39 is 16.9 Å². The number of fused-ring (bicyclic) bond motifs is 1. The molecule has 1 aliphatic rings. The Morgan fingerprint density at radius 1 is 1.14 bits per heavy atom. The van der Waals surface area contributed by atoms with Crippen molar-refractivity contribution in [3.63, 3.8) is 0 Å². The van der Waals surface area contributed by atoms with Crippen molar-refractivity contribution < 1.29 is 18.9 Å². The number of benzene rings is 2. The summed E-state index contributed by atoms with van der Waals surface area (Å²) in [4.78, 5) is 41.6. The van der Waals surface area contributed by atoms with Gasteiger partial charge in [0.25, 0.3) is 11.2 Å². The number of rotatable bonds is 5. The van der Waals surface area contributed by atoms with Crippen molar-refractivity contribution in [3.05, 3.63) is 119 Å². The minimum absolute atomic E-state index is 0.0128. The molecule has 0 bridgehead atoms. The van der Waals surface area contributed by atoms with Crippen molar-refractivity contribution in [1.29, 1.82) is 0 Å². The fraction of sp³-hybridized carbons (Fsp3) is 0.115. The van der Waals surface area contributed by atoms with Crippen molar-refractivity contribution in [2.45, 2.75) is 13.0 Å². The highest BCUT2D eigenvalue weighted by molar-refractivity contribution is 7.07. The fourth-order valence-electron chi connectivity index (χ4n) is 4.11. The van der Waals surface area contributed by atoms with E-state index in [9.17, 15) is 19.7 Å². The van der Waals surface area contributed by atoms with Crippen LogP contribution in [0.5, 0.6) is 0 Å². The minimum atomic E-state index is -0.677. The van der Waals surface area contributed by atoms with Crippen LogP contribution in [0.15, 0.2) is 92.2 Å². The largest absolute Gasteiger partial charge is 0.466 e. The van der Waals surface area contributed by atoms with E-state index in [0.717, 1.165) is 5.56 Å². The molecular formula is C26H19N3O6S. The average molecular weight is 502 g/mol. The monoisotopic (exact) mass is 501 g/mol. The Morgan fingerprint density at radius 3 is 2.53 bits per heavy atom. The quantitative estimate of drug-likeness (QED) is 0.234. The Bertz CT molecular complexity index is 1690. The number of nitro benzene ring substituents is 1. The van der Waals surface area contributed by atoms with E-state index in [1.807, 2.05) is 30.3 Å². The van der Waals surface area contributed by atoms with Gasteiger partial charge in [-0.05, 0) is 36.8 Å². The molecule has 180 valence electrons. The number of carbonyl (C=O) groups is 1. The zero-order valence-electron chi connectivity index (χ0n) is 19.2. The number of methoxy groups -OCH3 is 1. The molecule has 36 heavy (non-hydrogen) atoms. The third-order valence-electron chi connectivity index (χ3n) is 5.81. The van der Waals surface area contributed by atoms with Gasteiger partial charge in [0, 0.05) is 23.8 Å². The summed E-state index contributed by atoms with van der Waals surface area (Å²) in [5.74, 6) is 0.404. The summed E-state index contributed by atoms with van der Waals surface area (Å²) in [6.07, 6.45) is 1.62. The summed E-state index contributed by atoms with van der Waals surface area (Å²) in [5, 5.41) is 10.9. The van der Waals surface area contributed by atoms with E-state index in [-0.39, 0.29) is 11.2 Å². The summed E-state index contributed by atoms with van der Waals surface area (Å²) < 4.78 is 12.8. The van der Waals surface area contributed by atoms with Crippen LogP contribution in [0.25, 0.3) is 17.4 Å². The van der Waals surface area contributed by atoms with E-state index in [2.05, 4.69) is 4.99 Å². The predicted octanol–water partition coefficient (Wildman–Crippen LogP) is 3.58. The molecule has 0 fully saturated rings. The van der Waals surface area contributed by atoms with E-state index >= 15 is 0 Å². The Labute approximate surface area is 208 Å². The Hall–Kier alpha value is -4.57. The van der Waals surface area contributed by atoms with Crippen molar-refractivity contribution in [2.24, 2.45) is 4.99 Å². The lowest BCUT2D eigenvalue weighted by Crippen LogP contribution is -2.39. The number of nitro groups is 1. The number of allylic oxidation sites excluding steroid dienone is 1. The van der Waals surface area contributed by atoms with Crippen LogP contribution in [0.4, 0.5) is 5.69 Å². The number of non-ortho nitro benzene ring substituents is 1. The first-order valence-corrected chi connectivity index (χ1v) is 11.7. The van der Waals surface area contributed by atoms with Crippen LogP contribution in [-0.4, -0.2) is 22.6 Å². The van der Waals surface area contributed by atoms with Crippen molar-refractivity contribution >= 4 is 29.1 Å². The molecule has 0 N–H and O–H groups in total. The molecule has 9 nitrogen and oxygen atoms in total. The maximum Gasteiger partial charge on any atom is 0.338 e. The molecule has 4 aromatic rings. The summed E-state index contributed by atoms with van der Waals surface area (Å²) in [5.41, 5.74) is 1.90. The van der Waals surface area contributed by atoms with Crippen LogP contribution in [0, 0.1) is 10.1 Å². The number of furan rings is 1. The molecule has 10 heteroatoms. The Kier molecular flexibility index (Phi) is 5.95. The third kappa shape index (κ3) is 4.07. The van der Waals surface area contributed by atoms with Gasteiger partial charge in [-0.15, -0.1) is 0 Å². The third-order valence-corrected chi connectivity index (χ3v) is 6.79. The zero-order valence-corrected chi connectivity index (χ0v) is 20.0. The average Bonchev–Trinajstić information content (AvgIpc) is 3.48. The molecule has 1 aliphatic heterocycles. The summed E-state index contributed by atoms with van der Waals surface area (Å²) >= 11 is 1.20. The van der Waals surface area contributed by atoms with Crippen molar-refractivity contribution in [1.82, 2.24) is 4.57 Å². The molecule has 2 aromatic heterocycles. The molecule has 0 saturated carbocycles. The second-order valence-electron chi connectivity index (χ2n) is 7.99. The predicted molar refractivity (Wildman–Crippen MR) is 133 cm³/mol. The highest BCUT2D eigenvalue weighted by atomic mass is 32.1. The van der Waals surface area contributed by atoms with Crippen LogP contribution >= 0.6 is 11.3 Å². The van der Waals surface area contributed by atoms with Gasteiger partial charge in [0.05, 0.1) is 33.9 Å². The van der Waals surface area contributed by atoms with Crippen LogP contribution < -0.4 is 14.9 Å². The second kappa shape index (κ2) is 9.23.